The van der Waals surface area contributed by atoms with Crippen LogP contribution in [-0.4, -0.2) is 171 Å². The van der Waals surface area contributed by atoms with Crippen LogP contribution in [0.25, 0.3) is 0 Å². The molecule has 2 aliphatic heterocycles. The average molecular weight is 598 g/mol. The minimum atomic E-state index is -2.62. The largest absolute Gasteiger partial charge is 0.394 e. The van der Waals surface area contributed by atoms with Gasteiger partial charge in [0.1, 0.15) is 67.0 Å². The number of likely N-dealkylation sites (N-methyl/N-ethyl adjacent to an activating group) is 1. The first kappa shape index (κ1) is 33.2. The highest BCUT2D eigenvalue weighted by molar-refractivity contribution is 5.76. The molecule has 0 aromatic carbocycles. The number of hydrogen-bond acceptors (Lipinski definition) is 16. The summed E-state index contributed by atoms with van der Waals surface area (Å²) in [6.45, 7) is -1.67. The van der Waals surface area contributed by atoms with Crippen molar-refractivity contribution in [1.29, 1.82) is 0 Å². The van der Waals surface area contributed by atoms with Crippen LogP contribution in [0.2, 0.25) is 0 Å². The van der Waals surface area contributed by atoms with E-state index in [1.54, 1.807) is 0 Å². The van der Waals surface area contributed by atoms with E-state index in [4.69, 9.17) is 41.9 Å². The first-order valence-corrected chi connectivity index (χ1v) is 12.5. The summed E-state index contributed by atoms with van der Waals surface area (Å²) in [6, 6.07) is -4.25. The Hall–Kier alpha value is -2.31. The van der Waals surface area contributed by atoms with Crippen molar-refractivity contribution in [2.75, 3.05) is 20.3 Å². The van der Waals surface area contributed by atoms with Crippen molar-refractivity contribution in [3.8, 4) is 0 Å². The van der Waals surface area contributed by atoms with Crippen molar-refractivity contribution in [2.45, 2.75) is 91.2 Å². The molecule has 1 aliphatic carbocycles. The molecule has 20 heteroatoms. The standard InChI is InChI=1S/C21H39N7O13/c1-26-9-13(35)10(32)5(2-29)38-17(9)41-16-18(39-6(3-30)21(16,37)4-31)40-15-8(28-20(24)25)11(33)7(27-19(22)23)12(34)14(15)36/h4-18,26,29-30,32-37H,2-3H2,1H3,(H4,22,23,27)(H4,24,25,28)/t5-,6-,7+,8-,9-,10-,11+,12-,13-,14-,15-,16+,17-,18+,21-/m0/s1. The second-order valence-electron chi connectivity index (χ2n) is 9.92. The van der Waals surface area contributed by atoms with Gasteiger partial charge in [0.2, 0.25) is 0 Å². The number of ether oxygens (including phenoxy) is 4. The maximum Gasteiger partial charge on any atom is 0.188 e. The molecule has 0 unspecified atom stereocenters. The molecular weight excluding hydrogens is 558 g/mol. The zero-order valence-electron chi connectivity index (χ0n) is 21.9. The van der Waals surface area contributed by atoms with Crippen LogP contribution >= 0.6 is 0 Å². The van der Waals surface area contributed by atoms with Gasteiger partial charge in [-0.3, -0.25) is 4.79 Å². The van der Waals surface area contributed by atoms with Crippen molar-refractivity contribution in [3.05, 3.63) is 0 Å². The minimum Gasteiger partial charge on any atom is -0.394 e. The number of hydrogen-bond donors (Lipinski definition) is 13. The van der Waals surface area contributed by atoms with Crippen molar-refractivity contribution in [3.63, 3.8) is 0 Å². The second-order valence-corrected chi connectivity index (χ2v) is 9.92. The lowest BCUT2D eigenvalue weighted by Crippen LogP contribution is -2.66. The molecule has 236 valence electrons. The van der Waals surface area contributed by atoms with E-state index in [9.17, 15) is 45.6 Å². The van der Waals surface area contributed by atoms with Crippen LogP contribution in [0.15, 0.2) is 9.98 Å². The number of aliphatic hydroxyl groups is 8. The third-order valence-electron chi connectivity index (χ3n) is 7.33. The molecule has 0 aromatic rings. The SMILES string of the molecule is CN[C@@H]1[C@H](O[C@@H]2[C@@H](O[C@@H]3[C@@H](O)[C@@H](O)[C@H](N=C(N)N)[C@@H](O)[C@@H]3N=C(N)N)O[C@@H](CO)[C@@]2(O)C=O)O[C@@H](CO)[C@H](O)[C@H]1O. The zero-order chi connectivity index (χ0) is 30.8. The van der Waals surface area contributed by atoms with Crippen molar-refractivity contribution < 1.29 is 64.6 Å². The fourth-order valence-electron chi connectivity index (χ4n) is 5.16. The molecule has 2 heterocycles. The van der Waals surface area contributed by atoms with Gasteiger partial charge in [-0.15, -0.1) is 0 Å². The molecule has 15 atom stereocenters. The van der Waals surface area contributed by atoms with Crippen molar-refractivity contribution in [1.82, 2.24) is 5.32 Å². The second kappa shape index (κ2) is 13.3. The molecule has 0 amide bonds. The van der Waals surface area contributed by atoms with E-state index in [1.165, 1.54) is 7.05 Å². The zero-order valence-corrected chi connectivity index (χ0v) is 21.9. The molecule has 0 aromatic heterocycles. The molecule has 2 saturated heterocycles. The van der Waals surface area contributed by atoms with Gasteiger partial charge in [0.15, 0.2) is 36.4 Å². The smallest absolute Gasteiger partial charge is 0.188 e. The van der Waals surface area contributed by atoms with Gasteiger partial charge in [-0.05, 0) is 7.05 Å². The normalized spacial score (nSPS) is 46.6. The first-order chi connectivity index (χ1) is 19.2. The molecule has 1 saturated carbocycles. The van der Waals surface area contributed by atoms with Crippen molar-refractivity contribution in [2.24, 2.45) is 32.9 Å². The van der Waals surface area contributed by atoms with E-state index < -0.39 is 116 Å². The Morgan fingerprint density at radius 2 is 1.46 bits per heavy atom. The fraction of sp³-hybridized carbons (Fsp3) is 0.857. The van der Waals surface area contributed by atoms with Crippen LogP contribution in [0, 0.1) is 0 Å². The molecule has 3 aliphatic rings. The van der Waals surface area contributed by atoms with Gasteiger partial charge in [0.25, 0.3) is 0 Å². The molecule has 17 N–H and O–H groups in total. The highest BCUT2D eigenvalue weighted by Gasteiger charge is 2.62. The molecule has 3 rings (SSSR count). The lowest BCUT2D eigenvalue weighted by molar-refractivity contribution is -0.314. The summed E-state index contributed by atoms with van der Waals surface area (Å²) in [4.78, 5) is 19.7. The molecule has 20 nitrogen and oxygen atoms in total. The van der Waals surface area contributed by atoms with Crippen LogP contribution in [0.3, 0.4) is 0 Å². The van der Waals surface area contributed by atoms with E-state index in [0.717, 1.165) is 0 Å². The highest BCUT2D eigenvalue weighted by atomic mass is 16.8. The Morgan fingerprint density at radius 1 is 0.854 bits per heavy atom. The fourth-order valence-corrected chi connectivity index (χ4v) is 5.16. The van der Waals surface area contributed by atoms with E-state index in [1.807, 2.05) is 0 Å². The monoisotopic (exact) mass is 597 g/mol. The molecule has 0 bridgehead atoms. The number of nitrogens with one attached hydrogen (secondary N) is 1. The van der Waals surface area contributed by atoms with Gasteiger partial charge in [-0.25, -0.2) is 9.98 Å². The predicted octanol–water partition coefficient (Wildman–Crippen LogP) is -9.19. The maximum atomic E-state index is 12.1. The first-order valence-electron chi connectivity index (χ1n) is 12.5. The lowest BCUT2D eigenvalue weighted by Gasteiger charge is -2.45. The lowest BCUT2D eigenvalue weighted by atomic mass is 9.81. The summed E-state index contributed by atoms with van der Waals surface area (Å²) in [6.07, 6.45) is -18.6. The van der Waals surface area contributed by atoms with Crippen LogP contribution in [0.1, 0.15) is 0 Å². The Kier molecular flexibility index (Phi) is 10.8. The third-order valence-corrected chi connectivity index (χ3v) is 7.33. The summed E-state index contributed by atoms with van der Waals surface area (Å²) in [5, 5.41) is 86.5. The number of guanidine groups is 2. The predicted molar refractivity (Wildman–Crippen MR) is 134 cm³/mol. The Morgan fingerprint density at radius 3 is 1.98 bits per heavy atom. The minimum absolute atomic E-state index is 0.0111. The molecular formula is C21H39N7O13. The van der Waals surface area contributed by atoms with E-state index in [0.29, 0.717) is 0 Å². The Bertz CT molecular complexity index is 957. The van der Waals surface area contributed by atoms with Gasteiger partial charge in [0, 0.05) is 0 Å². The summed E-state index contributed by atoms with van der Waals surface area (Å²) in [5.74, 6) is -1.10. The molecule has 0 radical (unpaired) electrons. The van der Waals surface area contributed by atoms with E-state index in [2.05, 4.69) is 15.3 Å². The number of aldehydes is 1. The Labute approximate surface area is 233 Å². The molecule has 41 heavy (non-hydrogen) atoms. The van der Waals surface area contributed by atoms with Gasteiger partial charge in [0.05, 0.1) is 19.3 Å². The summed E-state index contributed by atoms with van der Waals surface area (Å²) in [7, 11) is 1.38. The van der Waals surface area contributed by atoms with Crippen LogP contribution in [-0.2, 0) is 23.7 Å². The number of aliphatic imine (C=N–C) groups is 2. The topological polar surface area (TPSA) is 357 Å². The van der Waals surface area contributed by atoms with E-state index >= 15 is 0 Å². The summed E-state index contributed by atoms with van der Waals surface area (Å²) < 4.78 is 22.7. The number of carbonyl (C=O) groups excluding carboxylic acids is 1. The van der Waals surface area contributed by atoms with Crippen LogP contribution in [0.4, 0.5) is 0 Å². The van der Waals surface area contributed by atoms with Gasteiger partial charge in [-0.1, -0.05) is 0 Å². The summed E-state index contributed by atoms with van der Waals surface area (Å²) in [5.41, 5.74) is 19.1. The molecule has 3 fully saturated rings. The third kappa shape index (κ3) is 6.39. The summed E-state index contributed by atoms with van der Waals surface area (Å²) >= 11 is 0. The molecule has 0 spiro atoms. The number of aliphatic hydroxyl groups excluding tert-OH is 7. The number of nitrogens with two attached hydrogens (primary N) is 4. The number of nitrogens with zero attached hydrogens (tertiary/aromatic N) is 2. The van der Waals surface area contributed by atoms with Crippen LogP contribution < -0.4 is 28.3 Å². The average Bonchev–Trinajstić information content (AvgIpc) is 3.19. The van der Waals surface area contributed by atoms with E-state index in [-0.39, 0.29) is 6.29 Å². The van der Waals surface area contributed by atoms with Gasteiger partial charge in [-0.2, -0.15) is 0 Å². The Balaban J connectivity index is 1.99. The van der Waals surface area contributed by atoms with Crippen molar-refractivity contribution >= 4 is 18.2 Å². The number of rotatable bonds is 10. The maximum absolute atomic E-state index is 12.1. The van der Waals surface area contributed by atoms with Crippen LogP contribution in [0.5, 0.6) is 0 Å². The number of carbonyl (C=O) groups is 1. The quantitative estimate of drug-likeness (QED) is 0.0631. The highest BCUT2D eigenvalue weighted by Crippen LogP contribution is 2.38. The van der Waals surface area contributed by atoms with Gasteiger partial charge < -0.3 is 88.1 Å². The van der Waals surface area contributed by atoms with Gasteiger partial charge >= 0.3 is 0 Å².